The van der Waals surface area contributed by atoms with Gasteiger partial charge in [-0.2, -0.15) is 4.31 Å². The molecule has 1 aliphatic rings. The van der Waals surface area contributed by atoms with E-state index in [1.54, 1.807) is 0 Å². The minimum absolute atomic E-state index is 0.0710. The van der Waals surface area contributed by atoms with Gasteiger partial charge in [-0.3, -0.25) is 10.1 Å². The minimum Gasteiger partial charge on any atom is -0.258 e. The fourth-order valence-electron chi connectivity index (χ4n) is 3.60. The van der Waals surface area contributed by atoms with Crippen LogP contribution in [0.4, 0.5) is 5.69 Å². The highest BCUT2D eigenvalue weighted by Gasteiger charge is 2.35. The average Bonchev–Trinajstić information content (AvgIpc) is 3.23. The third kappa shape index (κ3) is 4.25. The Balaban J connectivity index is 1.53. The van der Waals surface area contributed by atoms with Crippen LogP contribution in [0.1, 0.15) is 34.3 Å². The molecule has 1 fully saturated rings. The zero-order valence-electron chi connectivity index (χ0n) is 16.0. The molecule has 0 saturated carbocycles. The standard InChI is InChI=1S/C20H20N4O4S2/c25-24(26)17-10-4-5-11-18(17)30(27,28)23-12-6-9-16(14-23)20-22-21-19(29-20)13-15-7-2-1-3-8-15/h1-5,7-8,10-11,16H,6,9,12-14H2. The molecule has 2 aromatic carbocycles. The van der Waals surface area contributed by atoms with Crippen LogP contribution in [0.2, 0.25) is 0 Å². The van der Waals surface area contributed by atoms with Gasteiger partial charge in [-0.15, -0.1) is 21.5 Å². The quantitative estimate of drug-likeness (QED) is 0.425. The van der Waals surface area contributed by atoms with Gasteiger partial charge in [0.05, 0.1) is 4.92 Å². The normalized spacial score (nSPS) is 17.7. The number of sulfonamides is 1. The smallest absolute Gasteiger partial charge is 0.258 e. The number of nitrogens with zero attached hydrogens (tertiary/aromatic N) is 4. The van der Waals surface area contributed by atoms with Crippen molar-refractivity contribution in [3.63, 3.8) is 0 Å². The number of aromatic nitrogens is 2. The molecule has 1 aliphatic heterocycles. The summed E-state index contributed by atoms with van der Waals surface area (Å²) in [5.41, 5.74) is 0.741. The van der Waals surface area contributed by atoms with Crippen LogP contribution in [0.5, 0.6) is 0 Å². The van der Waals surface area contributed by atoms with Crippen molar-refractivity contribution >= 4 is 27.0 Å². The topological polar surface area (TPSA) is 106 Å². The highest BCUT2D eigenvalue weighted by molar-refractivity contribution is 7.89. The van der Waals surface area contributed by atoms with Crippen molar-refractivity contribution in [1.29, 1.82) is 0 Å². The second kappa shape index (κ2) is 8.58. The first kappa shape index (κ1) is 20.6. The maximum Gasteiger partial charge on any atom is 0.289 e. The number of piperidine rings is 1. The molecule has 1 unspecified atom stereocenters. The summed E-state index contributed by atoms with van der Waals surface area (Å²) in [6.07, 6.45) is 2.16. The third-order valence-corrected chi connectivity index (χ3v) is 8.09. The van der Waals surface area contributed by atoms with E-state index in [1.807, 2.05) is 30.3 Å². The molecule has 1 aromatic heterocycles. The molecule has 156 valence electrons. The van der Waals surface area contributed by atoms with Crippen molar-refractivity contribution in [1.82, 2.24) is 14.5 Å². The third-order valence-electron chi connectivity index (χ3n) is 5.09. The van der Waals surface area contributed by atoms with E-state index in [-0.39, 0.29) is 17.4 Å². The summed E-state index contributed by atoms with van der Waals surface area (Å²) in [5.74, 6) is -0.0710. The highest BCUT2D eigenvalue weighted by Crippen LogP contribution is 2.34. The monoisotopic (exact) mass is 444 g/mol. The molecule has 0 amide bonds. The second-order valence-electron chi connectivity index (χ2n) is 7.12. The van der Waals surface area contributed by atoms with Gasteiger partial charge in [0.25, 0.3) is 5.69 Å². The molecule has 2 heterocycles. The van der Waals surface area contributed by atoms with E-state index in [0.29, 0.717) is 19.4 Å². The Hall–Kier alpha value is -2.69. The first-order valence-corrected chi connectivity index (χ1v) is 11.8. The number of benzene rings is 2. The van der Waals surface area contributed by atoms with E-state index in [0.717, 1.165) is 22.0 Å². The van der Waals surface area contributed by atoms with Crippen LogP contribution in [-0.2, 0) is 16.4 Å². The van der Waals surface area contributed by atoms with Gasteiger partial charge in [-0.05, 0) is 24.5 Å². The average molecular weight is 445 g/mol. The Morgan fingerprint density at radius 1 is 1.10 bits per heavy atom. The number of hydrogen-bond donors (Lipinski definition) is 0. The lowest BCUT2D eigenvalue weighted by molar-refractivity contribution is -0.387. The number of para-hydroxylation sites is 1. The molecule has 3 aromatic rings. The fraction of sp³-hybridized carbons (Fsp3) is 0.300. The van der Waals surface area contributed by atoms with E-state index < -0.39 is 20.6 Å². The van der Waals surface area contributed by atoms with Crippen LogP contribution >= 0.6 is 11.3 Å². The number of nitro benzene ring substituents is 1. The zero-order chi connectivity index (χ0) is 21.1. The Labute approximate surface area is 178 Å². The van der Waals surface area contributed by atoms with Crippen molar-refractivity contribution in [3.8, 4) is 0 Å². The largest absolute Gasteiger partial charge is 0.289 e. The highest BCUT2D eigenvalue weighted by atomic mass is 32.2. The molecule has 1 atom stereocenters. The molecule has 0 spiro atoms. The number of nitro groups is 1. The van der Waals surface area contributed by atoms with E-state index in [1.165, 1.54) is 39.9 Å². The first-order valence-electron chi connectivity index (χ1n) is 9.55. The van der Waals surface area contributed by atoms with Gasteiger partial charge in [0, 0.05) is 31.5 Å². The predicted molar refractivity (Wildman–Crippen MR) is 113 cm³/mol. The molecule has 8 nitrogen and oxygen atoms in total. The Morgan fingerprint density at radius 2 is 1.83 bits per heavy atom. The van der Waals surface area contributed by atoms with Gasteiger partial charge in [0.1, 0.15) is 10.0 Å². The van der Waals surface area contributed by atoms with Crippen molar-refractivity contribution in [2.24, 2.45) is 0 Å². The van der Waals surface area contributed by atoms with Gasteiger partial charge < -0.3 is 0 Å². The lowest BCUT2D eigenvalue weighted by Crippen LogP contribution is -2.39. The van der Waals surface area contributed by atoms with E-state index in [4.69, 9.17) is 0 Å². The predicted octanol–water partition coefficient (Wildman–Crippen LogP) is 3.61. The summed E-state index contributed by atoms with van der Waals surface area (Å²) in [4.78, 5) is 10.4. The molecular formula is C20H20N4O4S2. The minimum atomic E-state index is -3.97. The van der Waals surface area contributed by atoms with Crippen LogP contribution < -0.4 is 0 Å². The van der Waals surface area contributed by atoms with Crippen molar-refractivity contribution in [3.05, 3.63) is 80.3 Å². The summed E-state index contributed by atoms with van der Waals surface area (Å²) in [5, 5.41) is 21.6. The van der Waals surface area contributed by atoms with E-state index in [2.05, 4.69) is 10.2 Å². The van der Waals surface area contributed by atoms with Crippen LogP contribution in [0.15, 0.2) is 59.5 Å². The molecule has 4 rings (SSSR count). The molecular weight excluding hydrogens is 424 g/mol. The summed E-state index contributed by atoms with van der Waals surface area (Å²) < 4.78 is 27.6. The second-order valence-corrected chi connectivity index (χ2v) is 10.1. The Bertz CT molecular complexity index is 1150. The van der Waals surface area contributed by atoms with Crippen LogP contribution in [0.25, 0.3) is 0 Å². The zero-order valence-corrected chi connectivity index (χ0v) is 17.7. The molecule has 0 aliphatic carbocycles. The van der Waals surface area contributed by atoms with Gasteiger partial charge in [-0.25, -0.2) is 8.42 Å². The summed E-state index contributed by atoms with van der Waals surface area (Å²) in [6, 6.07) is 15.4. The van der Waals surface area contributed by atoms with Crippen LogP contribution in [0, 0.1) is 10.1 Å². The van der Waals surface area contributed by atoms with Crippen LogP contribution in [-0.4, -0.2) is 40.9 Å². The molecule has 0 radical (unpaired) electrons. The van der Waals surface area contributed by atoms with Gasteiger partial charge >= 0.3 is 0 Å². The Morgan fingerprint density at radius 3 is 2.60 bits per heavy atom. The van der Waals surface area contributed by atoms with E-state index >= 15 is 0 Å². The van der Waals surface area contributed by atoms with Crippen molar-refractivity contribution < 1.29 is 13.3 Å². The van der Waals surface area contributed by atoms with Crippen LogP contribution in [0.3, 0.4) is 0 Å². The van der Waals surface area contributed by atoms with E-state index in [9.17, 15) is 18.5 Å². The van der Waals surface area contributed by atoms with Gasteiger partial charge in [-0.1, -0.05) is 42.5 Å². The fourth-order valence-corrected chi connectivity index (χ4v) is 6.28. The Kier molecular flexibility index (Phi) is 5.89. The van der Waals surface area contributed by atoms with Gasteiger partial charge in [0.15, 0.2) is 4.90 Å². The molecule has 30 heavy (non-hydrogen) atoms. The lowest BCUT2D eigenvalue weighted by atomic mass is 10.0. The summed E-state index contributed by atoms with van der Waals surface area (Å²) in [6.45, 7) is 0.578. The maximum absolute atomic E-state index is 13.1. The SMILES string of the molecule is O=[N+]([O-])c1ccccc1S(=O)(=O)N1CCCC(c2nnc(Cc3ccccc3)s2)C1. The number of rotatable bonds is 6. The maximum atomic E-state index is 13.1. The summed E-state index contributed by atoms with van der Waals surface area (Å²) in [7, 11) is -3.97. The molecule has 0 N–H and O–H groups in total. The van der Waals surface area contributed by atoms with Gasteiger partial charge in [0.2, 0.25) is 10.0 Å². The first-order chi connectivity index (χ1) is 14.4. The van der Waals surface area contributed by atoms with Crippen molar-refractivity contribution in [2.75, 3.05) is 13.1 Å². The molecule has 0 bridgehead atoms. The molecule has 1 saturated heterocycles. The molecule has 10 heteroatoms. The van der Waals surface area contributed by atoms with Crippen molar-refractivity contribution in [2.45, 2.75) is 30.1 Å². The lowest BCUT2D eigenvalue weighted by Gasteiger charge is -2.30. The number of hydrogen-bond acceptors (Lipinski definition) is 7. The summed E-state index contributed by atoms with van der Waals surface area (Å²) >= 11 is 1.50.